The average molecular weight is 860 g/mol. The summed E-state index contributed by atoms with van der Waals surface area (Å²) in [6.45, 7) is 19.0. The third-order valence-corrected chi connectivity index (χ3v) is 12.1. The summed E-state index contributed by atoms with van der Waals surface area (Å²) in [6.07, 6.45) is 3.25. The molecule has 0 aliphatic carbocycles. The van der Waals surface area contributed by atoms with E-state index in [9.17, 15) is 0 Å². The molecular formula is C59H73NO4. The van der Waals surface area contributed by atoms with Crippen LogP contribution in [0.15, 0.2) is 158 Å². The molecular weight excluding hydrogens is 787 g/mol. The standard InChI is InChI=1S/C59H73NO4/c1-42(2)36-53(44(5)6)51-30-33-56(64-57(38-46-20-14-10-15-21-46)61-35-34-45-18-12-9-13-19-45)54(40-51)49-26-24-48(25-27-49)41-62-58(39-47-22-16-11-17-23-47)63-52-31-28-50(29-32-52)55(37-43(3)4)59(7,8)60/h9-33,40,42-44,53,55,57-58H,34-39,41,60H2,1-8H3. The summed E-state index contributed by atoms with van der Waals surface area (Å²) in [6, 6.07) is 55.3. The maximum atomic E-state index is 6.92. The molecule has 0 radical (unpaired) electrons. The fourth-order valence-electron chi connectivity index (χ4n) is 8.63. The van der Waals surface area contributed by atoms with Gasteiger partial charge in [-0.3, -0.25) is 0 Å². The minimum Gasteiger partial charge on any atom is -0.465 e. The van der Waals surface area contributed by atoms with Gasteiger partial charge in [-0.25, -0.2) is 0 Å². The van der Waals surface area contributed by atoms with Crippen molar-refractivity contribution in [2.75, 3.05) is 6.61 Å². The topological polar surface area (TPSA) is 62.9 Å². The molecule has 0 aliphatic heterocycles. The summed E-state index contributed by atoms with van der Waals surface area (Å²) in [5.41, 5.74) is 15.7. The minimum atomic E-state index is -0.487. The molecule has 64 heavy (non-hydrogen) atoms. The van der Waals surface area contributed by atoms with Gasteiger partial charge in [-0.2, -0.15) is 0 Å². The maximum absolute atomic E-state index is 6.92. The van der Waals surface area contributed by atoms with Crippen molar-refractivity contribution in [2.24, 2.45) is 23.5 Å². The number of benzene rings is 6. The normalized spacial score (nSPS) is 13.8. The highest BCUT2D eigenvalue weighted by atomic mass is 16.7. The third kappa shape index (κ3) is 14.9. The largest absolute Gasteiger partial charge is 0.465 e. The number of ether oxygens (including phenoxy) is 4. The summed E-state index contributed by atoms with van der Waals surface area (Å²) in [5, 5.41) is 0. The molecule has 0 saturated carbocycles. The van der Waals surface area contributed by atoms with Crippen LogP contribution in [-0.2, 0) is 35.3 Å². The lowest BCUT2D eigenvalue weighted by molar-refractivity contribution is -0.0880. The van der Waals surface area contributed by atoms with Gasteiger partial charge in [0.25, 0.3) is 0 Å². The quantitative estimate of drug-likeness (QED) is 0.0614. The van der Waals surface area contributed by atoms with Crippen LogP contribution in [0.5, 0.6) is 11.5 Å². The van der Waals surface area contributed by atoms with Gasteiger partial charge in [-0.1, -0.05) is 175 Å². The molecule has 0 fully saturated rings. The molecule has 0 heterocycles. The lowest BCUT2D eigenvalue weighted by Crippen LogP contribution is -2.39. The van der Waals surface area contributed by atoms with Crippen LogP contribution in [-0.4, -0.2) is 24.7 Å². The van der Waals surface area contributed by atoms with E-state index < -0.39 is 12.6 Å². The highest BCUT2D eigenvalue weighted by molar-refractivity contribution is 5.71. The summed E-state index contributed by atoms with van der Waals surface area (Å²) in [4.78, 5) is 0. The Labute approximate surface area is 385 Å². The van der Waals surface area contributed by atoms with Crippen molar-refractivity contribution in [2.45, 2.75) is 124 Å². The summed E-state index contributed by atoms with van der Waals surface area (Å²) >= 11 is 0. The predicted molar refractivity (Wildman–Crippen MR) is 266 cm³/mol. The fraction of sp³-hybridized carbons (Fsp3) is 0.390. The molecule has 0 saturated heterocycles. The summed E-state index contributed by atoms with van der Waals surface area (Å²) < 4.78 is 26.7. The van der Waals surface area contributed by atoms with E-state index in [-0.39, 0.29) is 11.5 Å². The Morgan fingerprint density at radius 2 is 1.05 bits per heavy atom. The van der Waals surface area contributed by atoms with Crippen LogP contribution in [0.4, 0.5) is 0 Å². The van der Waals surface area contributed by atoms with E-state index in [0.717, 1.165) is 53.0 Å². The average Bonchev–Trinajstić information content (AvgIpc) is 3.28. The Morgan fingerprint density at radius 3 is 1.58 bits per heavy atom. The predicted octanol–water partition coefficient (Wildman–Crippen LogP) is 14.4. The smallest absolute Gasteiger partial charge is 0.204 e. The second-order valence-electron chi connectivity index (χ2n) is 19.4. The van der Waals surface area contributed by atoms with Crippen molar-refractivity contribution in [1.29, 1.82) is 0 Å². The van der Waals surface area contributed by atoms with Crippen LogP contribution < -0.4 is 15.2 Å². The van der Waals surface area contributed by atoms with Crippen molar-refractivity contribution in [3.05, 3.63) is 191 Å². The van der Waals surface area contributed by atoms with Gasteiger partial charge < -0.3 is 24.7 Å². The Morgan fingerprint density at radius 1 is 0.516 bits per heavy atom. The highest BCUT2D eigenvalue weighted by Crippen LogP contribution is 2.39. The zero-order chi connectivity index (χ0) is 45.5. The monoisotopic (exact) mass is 860 g/mol. The fourth-order valence-corrected chi connectivity index (χ4v) is 8.63. The molecule has 0 amide bonds. The molecule has 5 heteroatoms. The van der Waals surface area contributed by atoms with E-state index in [1.807, 2.05) is 18.2 Å². The molecule has 338 valence electrons. The lowest BCUT2D eigenvalue weighted by atomic mass is 9.77. The van der Waals surface area contributed by atoms with Gasteiger partial charge in [0, 0.05) is 29.9 Å². The highest BCUT2D eigenvalue weighted by Gasteiger charge is 2.28. The lowest BCUT2D eigenvalue weighted by Gasteiger charge is -2.32. The zero-order valence-electron chi connectivity index (χ0n) is 39.7. The molecule has 0 bridgehead atoms. The minimum absolute atomic E-state index is 0.247. The Kier molecular flexibility index (Phi) is 17.8. The van der Waals surface area contributed by atoms with Crippen molar-refractivity contribution in [3.63, 3.8) is 0 Å². The Balaban J connectivity index is 1.24. The molecule has 6 aromatic rings. The van der Waals surface area contributed by atoms with Gasteiger partial charge in [0.1, 0.15) is 11.5 Å². The maximum Gasteiger partial charge on any atom is 0.204 e. The first kappa shape index (κ1) is 48.3. The molecule has 5 nitrogen and oxygen atoms in total. The second kappa shape index (κ2) is 23.6. The Hall–Kier alpha value is -5.20. The van der Waals surface area contributed by atoms with E-state index in [1.54, 1.807) is 0 Å². The molecule has 4 atom stereocenters. The van der Waals surface area contributed by atoms with Crippen LogP contribution in [0.25, 0.3) is 11.1 Å². The van der Waals surface area contributed by atoms with Crippen LogP contribution >= 0.6 is 0 Å². The first-order valence-electron chi connectivity index (χ1n) is 23.6. The zero-order valence-corrected chi connectivity index (χ0v) is 39.7. The van der Waals surface area contributed by atoms with Gasteiger partial charge >= 0.3 is 0 Å². The summed E-state index contributed by atoms with van der Waals surface area (Å²) in [5.74, 6) is 3.88. The van der Waals surface area contributed by atoms with Gasteiger partial charge in [-0.15, -0.1) is 0 Å². The molecule has 0 spiro atoms. The first-order valence-corrected chi connectivity index (χ1v) is 23.6. The van der Waals surface area contributed by atoms with E-state index in [4.69, 9.17) is 24.7 Å². The first-order chi connectivity index (χ1) is 30.8. The van der Waals surface area contributed by atoms with E-state index in [1.165, 1.54) is 22.3 Å². The van der Waals surface area contributed by atoms with Crippen LogP contribution in [0, 0.1) is 17.8 Å². The second-order valence-corrected chi connectivity index (χ2v) is 19.4. The molecule has 0 aromatic heterocycles. The number of hydrogen-bond acceptors (Lipinski definition) is 5. The third-order valence-electron chi connectivity index (χ3n) is 12.1. The van der Waals surface area contributed by atoms with Crippen molar-refractivity contribution < 1.29 is 18.9 Å². The van der Waals surface area contributed by atoms with Crippen LogP contribution in [0.2, 0.25) is 0 Å². The van der Waals surface area contributed by atoms with E-state index >= 15 is 0 Å². The molecule has 2 N–H and O–H groups in total. The van der Waals surface area contributed by atoms with Crippen LogP contribution in [0.3, 0.4) is 0 Å². The molecule has 6 aromatic carbocycles. The summed E-state index contributed by atoms with van der Waals surface area (Å²) in [7, 11) is 0. The van der Waals surface area contributed by atoms with E-state index in [0.29, 0.717) is 49.7 Å². The van der Waals surface area contributed by atoms with Gasteiger partial charge in [0.2, 0.25) is 12.6 Å². The van der Waals surface area contributed by atoms with Crippen molar-refractivity contribution in [3.8, 4) is 22.6 Å². The number of hydrogen-bond donors (Lipinski definition) is 1. The van der Waals surface area contributed by atoms with Gasteiger partial charge in [0.15, 0.2) is 0 Å². The molecule has 6 rings (SSSR count). The SMILES string of the molecule is CC(C)CC(c1ccc(OC(Cc2ccccc2)OCCc2ccccc2)c(-c2ccc(COC(Cc3ccccc3)Oc3ccc(C(CC(C)C)C(C)(C)N)cc3)cc2)c1)C(C)C. The molecule has 4 unspecified atom stereocenters. The van der Waals surface area contributed by atoms with Crippen molar-refractivity contribution in [1.82, 2.24) is 0 Å². The van der Waals surface area contributed by atoms with Gasteiger partial charge in [0.05, 0.1) is 13.2 Å². The van der Waals surface area contributed by atoms with Crippen LogP contribution in [0.1, 0.15) is 113 Å². The molecule has 0 aliphatic rings. The van der Waals surface area contributed by atoms with Crippen molar-refractivity contribution >= 4 is 0 Å². The number of nitrogens with two attached hydrogens (primary N) is 1. The van der Waals surface area contributed by atoms with E-state index in [2.05, 4.69) is 195 Å². The Bertz CT molecular complexity index is 2230. The number of rotatable bonds is 24. The van der Waals surface area contributed by atoms with Gasteiger partial charge in [-0.05, 0) is 120 Å².